The molecule has 0 amide bonds. The van der Waals surface area contributed by atoms with E-state index in [4.69, 9.17) is 5.73 Å². The van der Waals surface area contributed by atoms with Gasteiger partial charge < -0.3 is 11.1 Å². The van der Waals surface area contributed by atoms with Gasteiger partial charge in [0.05, 0.1) is 0 Å². The zero-order valence-corrected chi connectivity index (χ0v) is 7.66. The first-order valence-electron chi connectivity index (χ1n) is 4.27. The van der Waals surface area contributed by atoms with E-state index in [1.165, 1.54) is 0 Å². The van der Waals surface area contributed by atoms with E-state index in [1.807, 2.05) is 19.1 Å². The van der Waals surface area contributed by atoms with Crippen LogP contribution in [0.2, 0.25) is 0 Å². The molecule has 0 radical (unpaired) electrons. The van der Waals surface area contributed by atoms with E-state index in [0.717, 1.165) is 18.5 Å². The van der Waals surface area contributed by atoms with E-state index < -0.39 is 0 Å². The van der Waals surface area contributed by atoms with Crippen LogP contribution in [-0.4, -0.2) is 18.9 Å². The van der Waals surface area contributed by atoms with Crippen LogP contribution in [-0.2, 0) is 0 Å². The molecule has 0 heterocycles. The van der Waals surface area contributed by atoms with Crippen molar-refractivity contribution in [3.8, 4) is 0 Å². The lowest BCUT2D eigenvalue weighted by atomic mass is 10.2. The summed E-state index contributed by atoms with van der Waals surface area (Å²) in [5.41, 5.74) is 7.25. The second-order valence-electron chi connectivity index (χ2n) is 3.10. The summed E-state index contributed by atoms with van der Waals surface area (Å²) < 4.78 is 0. The maximum Gasteiger partial charge on any atom is 0.150 e. The standard InChI is InChI=1S/C10H14N2O/c1-8(11)6-12-10-4-2-9(7-13)3-5-10/h2-5,7-8,12H,6,11H2,1H3. The lowest BCUT2D eigenvalue weighted by molar-refractivity contribution is 0.112. The van der Waals surface area contributed by atoms with Crippen molar-refractivity contribution in [3.63, 3.8) is 0 Å². The predicted octanol–water partition coefficient (Wildman–Crippen LogP) is 1.26. The maximum atomic E-state index is 10.3. The minimum absolute atomic E-state index is 0.130. The molecule has 1 unspecified atom stereocenters. The Morgan fingerprint density at radius 3 is 2.54 bits per heavy atom. The van der Waals surface area contributed by atoms with Gasteiger partial charge in [-0.3, -0.25) is 4.79 Å². The Morgan fingerprint density at radius 1 is 1.46 bits per heavy atom. The number of nitrogens with two attached hydrogens (primary N) is 1. The number of anilines is 1. The molecule has 1 aromatic rings. The van der Waals surface area contributed by atoms with Gasteiger partial charge >= 0.3 is 0 Å². The molecule has 1 atom stereocenters. The monoisotopic (exact) mass is 178 g/mol. The summed E-state index contributed by atoms with van der Waals surface area (Å²) >= 11 is 0. The van der Waals surface area contributed by atoms with Gasteiger partial charge in [0.15, 0.2) is 0 Å². The van der Waals surface area contributed by atoms with E-state index in [-0.39, 0.29) is 6.04 Å². The largest absolute Gasteiger partial charge is 0.383 e. The zero-order valence-electron chi connectivity index (χ0n) is 7.66. The van der Waals surface area contributed by atoms with Crippen molar-refractivity contribution in [2.45, 2.75) is 13.0 Å². The van der Waals surface area contributed by atoms with E-state index in [0.29, 0.717) is 5.56 Å². The number of hydrogen-bond donors (Lipinski definition) is 2. The van der Waals surface area contributed by atoms with Gasteiger partial charge in [-0.05, 0) is 31.2 Å². The van der Waals surface area contributed by atoms with Crippen LogP contribution in [0.4, 0.5) is 5.69 Å². The molecule has 0 aliphatic carbocycles. The lowest BCUT2D eigenvalue weighted by Gasteiger charge is -2.08. The lowest BCUT2D eigenvalue weighted by Crippen LogP contribution is -2.25. The number of rotatable bonds is 4. The van der Waals surface area contributed by atoms with Crippen LogP contribution in [0.5, 0.6) is 0 Å². The first-order valence-corrected chi connectivity index (χ1v) is 4.27. The molecule has 0 bridgehead atoms. The molecule has 70 valence electrons. The summed E-state index contributed by atoms with van der Waals surface area (Å²) in [5, 5.41) is 3.15. The third-order valence-electron chi connectivity index (χ3n) is 1.67. The summed E-state index contributed by atoms with van der Waals surface area (Å²) in [6, 6.07) is 7.41. The average molecular weight is 178 g/mol. The summed E-state index contributed by atoms with van der Waals surface area (Å²) in [4.78, 5) is 10.3. The zero-order chi connectivity index (χ0) is 9.68. The molecule has 0 aromatic heterocycles. The second kappa shape index (κ2) is 4.62. The van der Waals surface area contributed by atoms with E-state index in [2.05, 4.69) is 5.32 Å². The molecular formula is C10H14N2O. The smallest absolute Gasteiger partial charge is 0.150 e. The fourth-order valence-electron chi connectivity index (χ4n) is 0.958. The van der Waals surface area contributed by atoms with Crippen LogP contribution in [0.1, 0.15) is 17.3 Å². The molecule has 0 aliphatic rings. The van der Waals surface area contributed by atoms with Gasteiger partial charge in [-0.25, -0.2) is 0 Å². The normalized spacial score (nSPS) is 12.2. The fourth-order valence-corrected chi connectivity index (χ4v) is 0.958. The number of hydrogen-bond acceptors (Lipinski definition) is 3. The molecule has 0 aliphatic heterocycles. The first-order chi connectivity index (χ1) is 6.22. The van der Waals surface area contributed by atoms with Crippen molar-refractivity contribution in [3.05, 3.63) is 29.8 Å². The van der Waals surface area contributed by atoms with Crippen molar-refractivity contribution < 1.29 is 4.79 Å². The Bertz CT molecular complexity index is 267. The van der Waals surface area contributed by atoms with Crippen LogP contribution in [0.15, 0.2) is 24.3 Å². The van der Waals surface area contributed by atoms with Crippen molar-refractivity contribution in [2.24, 2.45) is 5.73 Å². The van der Waals surface area contributed by atoms with Crippen LogP contribution >= 0.6 is 0 Å². The first kappa shape index (κ1) is 9.74. The minimum atomic E-state index is 0.130. The average Bonchev–Trinajstić information content (AvgIpc) is 2.15. The fraction of sp³-hybridized carbons (Fsp3) is 0.300. The Morgan fingerprint density at radius 2 is 2.08 bits per heavy atom. The third-order valence-corrected chi connectivity index (χ3v) is 1.67. The SMILES string of the molecule is CC(N)CNc1ccc(C=O)cc1. The van der Waals surface area contributed by atoms with Gasteiger partial charge in [0, 0.05) is 23.8 Å². The molecule has 0 saturated heterocycles. The van der Waals surface area contributed by atoms with Gasteiger partial charge in [-0.1, -0.05) is 0 Å². The van der Waals surface area contributed by atoms with E-state index >= 15 is 0 Å². The van der Waals surface area contributed by atoms with E-state index in [1.54, 1.807) is 12.1 Å². The molecule has 3 N–H and O–H groups in total. The molecule has 0 fully saturated rings. The third kappa shape index (κ3) is 3.25. The highest BCUT2D eigenvalue weighted by molar-refractivity contribution is 5.75. The Kier molecular flexibility index (Phi) is 3.46. The van der Waals surface area contributed by atoms with Crippen LogP contribution in [0.3, 0.4) is 0 Å². The van der Waals surface area contributed by atoms with Gasteiger partial charge in [0.25, 0.3) is 0 Å². The Labute approximate surface area is 77.9 Å². The number of carbonyl (C=O) groups excluding carboxylic acids is 1. The number of carbonyl (C=O) groups is 1. The van der Waals surface area contributed by atoms with Crippen molar-refractivity contribution >= 4 is 12.0 Å². The van der Waals surface area contributed by atoms with Crippen LogP contribution < -0.4 is 11.1 Å². The molecule has 1 aromatic carbocycles. The Hall–Kier alpha value is -1.35. The van der Waals surface area contributed by atoms with Gasteiger partial charge in [-0.2, -0.15) is 0 Å². The van der Waals surface area contributed by atoms with Crippen LogP contribution in [0, 0.1) is 0 Å². The van der Waals surface area contributed by atoms with Crippen molar-refractivity contribution in [1.29, 1.82) is 0 Å². The molecule has 1 rings (SSSR count). The molecule has 3 heteroatoms. The highest BCUT2D eigenvalue weighted by Crippen LogP contribution is 2.07. The number of nitrogens with one attached hydrogen (secondary N) is 1. The van der Waals surface area contributed by atoms with Crippen molar-refractivity contribution in [1.82, 2.24) is 0 Å². The summed E-state index contributed by atoms with van der Waals surface area (Å²) in [6.45, 7) is 2.67. The predicted molar refractivity (Wildman–Crippen MR) is 54.0 cm³/mol. The Balaban J connectivity index is 2.54. The highest BCUT2D eigenvalue weighted by atomic mass is 16.1. The topological polar surface area (TPSA) is 55.1 Å². The van der Waals surface area contributed by atoms with E-state index in [9.17, 15) is 4.79 Å². The summed E-state index contributed by atoms with van der Waals surface area (Å²) in [6.07, 6.45) is 0.829. The molecule has 3 nitrogen and oxygen atoms in total. The maximum absolute atomic E-state index is 10.3. The molecule has 0 saturated carbocycles. The summed E-state index contributed by atoms with van der Waals surface area (Å²) in [7, 11) is 0. The van der Waals surface area contributed by atoms with Gasteiger partial charge in [0.2, 0.25) is 0 Å². The quantitative estimate of drug-likeness (QED) is 0.682. The highest BCUT2D eigenvalue weighted by Gasteiger charge is 1.94. The summed E-state index contributed by atoms with van der Waals surface area (Å²) in [5.74, 6) is 0. The van der Waals surface area contributed by atoms with Crippen molar-refractivity contribution in [2.75, 3.05) is 11.9 Å². The number of benzene rings is 1. The van der Waals surface area contributed by atoms with Gasteiger partial charge in [-0.15, -0.1) is 0 Å². The molecule has 0 spiro atoms. The second-order valence-corrected chi connectivity index (χ2v) is 3.10. The number of aldehydes is 1. The van der Waals surface area contributed by atoms with Crippen LogP contribution in [0.25, 0.3) is 0 Å². The van der Waals surface area contributed by atoms with Gasteiger partial charge in [0.1, 0.15) is 6.29 Å². The minimum Gasteiger partial charge on any atom is -0.383 e. The molecule has 13 heavy (non-hydrogen) atoms. The molecular weight excluding hydrogens is 164 g/mol.